The summed E-state index contributed by atoms with van der Waals surface area (Å²) in [5.74, 6) is 0.0831. The van der Waals surface area contributed by atoms with Crippen LogP contribution in [0.5, 0.6) is 0 Å². The summed E-state index contributed by atoms with van der Waals surface area (Å²) in [6.45, 7) is 4.34. The van der Waals surface area contributed by atoms with Gasteiger partial charge in [0.1, 0.15) is 0 Å². The van der Waals surface area contributed by atoms with Crippen LogP contribution in [0, 0.1) is 0 Å². The number of carbonyl (C=O) groups excluding carboxylic acids is 1. The first-order valence-corrected chi connectivity index (χ1v) is 10.3. The van der Waals surface area contributed by atoms with Gasteiger partial charge in [0.15, 0.2) is 10.9 Å². The van der Waals surface area contributed by atoms with Crippen LogP contribution in [0.1, 0.15) is 41.8 Å². The normalized spacial score (nSPS) is 14.3. The molecule has 3 aromatic rings. The van der Waals surface area contributed by atoms with Crippen LogP contribution in [0.2, 0.25) is 0 Å². The second-order valence-electron chi connectivity index (χ2n) is 6.92. The molecule has 1 aliphatic rings. The number of rotatable bonds is 5. The monoisotopic (exact) mass is 378 g/mol. The van der Waals surface area contributed by atoms with E-state index in [1.807, 2.05) is 44.2 Å². The summed E-state index contributed by atoms with van der Waals surface area (Å²) < 4.78 is 1.65. The number of nitrogens with zero attached hydrogens (tertiary/aromatic N) is 2. The number of hydrogen-bond acceptors (Lipinski definition) is 4. The summed E-state index contributed by atoms with van der Waals surface area (Å²) >= 11 is 1.36. The molecule has 1 aromatic heterocycles. The number of Topliss-reactive ketones (excluding diaryl/α,β-unsaturated/α-hetero) is 1. The maximum Gasteiger partial charge on any atom is 0.262 e. The van der Waals surface area contributed by atoms with Crippen molar-refractivity contribution < 1.29 is 4.79 Å². The molecule has 0 bridgehead atoms. The van der Waals surface area contributed by atoms with E-state index in [0.717, 1.165) is 18.4 Å². The van der Waals surface area contributed by atoms with Gasteiger partial charge in [0.25, 0.3) is 5.56 Å². The third-order valence-electron chi connectivity index (χ3n) is 5.18. The fourth-order valence-corrected chi connectivity index (χ4v) is 4.74. The molecule has 0 aliphatic heterocycles. The van der Waals surface area contributed by atoms with Gasteiger partial charge in [-0.05, 0) is 62.4 Å². The van der Waals surface area contributed by atoms with Crippen molar-refractivity contribution in [2.24, 2.45) is 0 Å². The highest BCUT2D eigenvalue weighted by Gasteiger charge is 2.22. The van der Waals surface area contributed by atoms with Crippen LogP contribution in [-0.2, 0) is 19.4 Å². The Kier molecular flexibility index (Phi) is 4.87. The van der Waals surface area contributed by atoms with Crippen molar-refractivity contribution in [2.75, 3.05) is 0 Å². The zero-order valence-electron chi connectivity index (χ0n) is 15.6. The van der Waals surface area contributed by atoms with Gasteiger partial charge in [-0.25, -0.2) is 4.98 Å². The van der Waals surface area contributed by atoms with Crippen LogP contribution >= 0.6 is 11.8 Å². The molecule has 0 radical (unpaired) electrons. The predicted molar refractivity (Wildman–Crippen MR) is 110 cm³/mol. The first kappa shape index (κ1) is 18.0. The Morgan fingerprint density at radius 3 is 2.78 bits per heavy atom. The molecule has 5 heteroatoms. The number of hydrogen-bond donors (Lipinski definition) is 0. The van der Waals surface area contributed by atoms with Crippen LogP contribution in [-0.4, -0.2) is 20.6 Å². The molecule has 1 atom stereocenters. The van der Waals surface area contributed by atoms with Gasteiger partial charge in [-0.2, -0.15) is 0 Å². The fraction of sp³-hybridized carbons (Fsp3) is 0.318. The van der Waals surface area contributed by atoms with Crippen molar-refractivity contribution in [1.29, 1.82) is 0 Å². The van der Waals surface area contributed by atoms with Crippen LogP contribution in [0.3, 0.4) is 0 Å². The van der Waals surface area contributed by atoms with Crippen molar-refractivity contribution in [1.82, 2.24) is 9.55 Å². The molecular weight excluding hydrogens is 356 g/mol. The summed E-state index contributed by atoms with van der Waals surface area (Å²) in [5.41, 5.74) is 4.03. The summed E-state index contributed by atoms with van der Waals surface area (Å²) in [4.78, 5) is 30.4. The Morgan fingerprint density at radius 2 is 1.96 bits per heavy atom. The standard InChI is InChI=1S/C22H22N2O2S/c1-3-24-21(26)18-9-4-5-10-19(18)23-22(24)27-14(2)20(25)17-12-11-15-7-6-8-16(15)13-17/h4-5,9-14H,3,6-8H2,1-2H3. The molecule has 0 amide bonds. The van der Waals surface area contributed by atoms with Gasteiger partial charge < -0.3 is 0 Å². The molecular formula is C22H22N2O2S. The SMILES string of the molecule is CCn1c(SC(C)C(=O)c2ccc3c(c2)CCC3)nc2ccccc2c1=O. The molecule has 1 aliphatic carbocycles. The lowest BCUT2D eigenvalue weighted by Crippen LogP contribution is -2.24. The second-order valence-corrected chi connectivity index (χ2v) is 8.23. The number of para-hydroxylation sites is 1. The minimum Gasteiger partial charge on any atom is -0.293 e. The van der Waals surface area contributed by atoms with Gasteiger partial charge in [-0.1, -0.05) is 36.0 Å². The average molecular weight is 378 g/mol. The molecule has 138 valence electrons. The smallest absolute Gasteiger partial charge is 0.262 e. The Labute approximate surface area is 162 Å². The van der Waals surface area contributed by atoms with E-state index in [1.165, 1.54) is 29.3 Å². The number of aryl methyl sites for hydroxylation is 2. The largest absolute Gasteiger partial charge is 0.293 e. The number of benzene rings is 2. The van der Waals surface area contributed by atoms with Crippen molar-refractivity contribution >= 4 is 28.4 Å². The van der Waals surface area contributed by atoms with Crippen molar-refractivity contribution in [3.63, 3.8) is 0 Å². The van der Waals surface area contributed by atoms with E-state index >= 15 is 0 Å². The Hall–Kier alpha value is -2.40. The van der Waals surface area contributed by atoms with E-state index in [1.54, 1.807) is 10.6 Å². The minimum atomic E-state index is -0.310. The van der Waals surface area contributed by atoms with Gasteiger partial charge in [0, 0.05) is 12.1 Å². The predicted octanol–water partition coefficient (Wildman–Crippen LogP) is 4.27. The average Bonchev–Trinajstić information content (AvgIpc) is 3.15. The lowest BCUT2D eigenvalue weighted by atomic mass is 10.0. The number of ketones is 1. The highest BCUT2D eigenvalue weighted by Crippen LogP contribution is 2.28. The maximum absolute atomic E-state index is 13.0. The molecule has 0 spiro atoms. The van der Waals surface area contributed by atoms with E-state index in [0.29, 0.717) is 22.6 Å². The highest BCUT2D eigenvalue weighted by atomic mass is 32.2. The molecule has 4 nitrogen and oxygen atoms in total. The van der Waals surface area contributed by atoms with Crippen molar-refractivity contribution in [3.05, 3.63) is 69.5 Å². The number of fused-ring (bicyclic) bond motifs is 2. The third-order valence-corrected chi connectivity index (χ3v) is 6.27. The molecule has 0 saturated carbocycles. The van der Waals surface area contributed by atoms with Gasteiger partial charge in [0.05, 0.1) is 16.2 Å². The molecule has 1 unspecified atom stereocenters. The summed E-state index contributed by atoms with van der Waals surface area (Å²) in [6.07, 6.45) is 3.33. The number of aromatic nitrogens is 2. The molecule has 27 heavy (non-hydrogen) atoms. The molecule has 1 heterocycles. The van der Waals surface area contributed by atoms with Crippen molar-refractivity contribution in [2.45, 2.75) is 50.1 Å². The maximum atomic E-state index is 13.0. The van der Waals surface area contributed by atoms with E-state index in [-0.39, 0.29) is 16.6 Å². The summed E-state index contributed by atoms with van der Waals surface area (Å²) in [6, 6.07) is 13.4. The molecule has 0 N–H and O–H groups in total. The van der Waals surface area contributed by atoms with E-state index in [9.17, 15) is 9.59 Å². The lowest BCUT2D eigenvalue weighted by molar-refractivity contribution is 0.0993. The van der Waals surface area contributed by atoms with Crippen molar-refractivity contribution in [3.8, 4) is 0 Å². The topological polar surface area (TPSA) is 52.0 Å². The van der Waals surface area contributed by atoms with E-state index in [4.69, 9.17) is 0 Å². The lowest BCUT2D eigenvalue weighted by Gasteiger charge is -2.15. The van der Waals surface area contributed by atoms with Crippen LogP contribution < -0.4 is 5.56 Å². The Bertz CT molecular complexity index is 1090. The second kappa shape index (κ2) is 7.31. The van der Waals surface area contributed by atoms with Crippen LogP contribution in [0.4, 0.5) is 0 Å². The van der Waals surface area contributed by atoms with E-state index in [2.05, 4.69) is 11.1 Å². The molecule has 0 fully saturated rings. The highest BCUT2D eigenvalue weighted by molar-refractivity contribution is 8.00. The number of carbonyl (C=O) groups is 1. The quantitative estimate of drug-likeness (QED) is 0.378. The number of thioether (sulfide) groups is 1. The minimum absolute atomic E-state index is 0.0530. The zero-order chi connectivity index (χ0) is 19.0. The van der Waals surface area contributed by atoms with Crippen LogP contribution in [0.25, 0.3) is 10.9 Å². The van der Waals surface area contributed by atoms with E-state index < -0.39 is 0 Å². The Morgan fingerprint density at radius 1 is 1.19 bits per heavy atom. The molecule has 2 aromatic carbocycles. The fourth-order valence-electron chi connectivity index (χ4n) is 3.69. The zero-order valence-corrected chi connectivity index (χ0v) is 16.4. The van der Waals surface area contributed by atoms with Gasteiger partial charge in [-0.3, -0.25) is 14.2 Å². The summed E-state index contributed by atoms with van der Waals surface area (Å²) in [5, 5.41) is 0.903. The molecule has 4 rings (SSSR count). The molecule has 0 saturated heterocycles. The van der Waals surface area contributed by atoms with Gasteiger partial charge >= 0.3 is 0 Å². The third kappa shape index (κ3) is 3.32. The first-order chi connectivity index (χ1) is 13.1. The van der Waals surface area contributed by atoms with Gasteiger partial charge in [0.2, 0.25) is 0 Å². The summed E-state index contributed by atoms with van der Waals surface area (Å²) in [7, 11) is 0. The first-order valence-electron chi connectivity index (χ1n) is 9.40. The van der Waals surface area contributed by atoms with Gasteiger partial charge in [-0.15, -0.1) is 0 Å². The van der Waals surface area contributed by atoms with Crippen LogP contribution in [0.15, 0.2) is 52.4 Å². The Balaban J connectivity index is 1.65.